The molecule has 110 valence electrons. The molecule has 0 saturated heterocycles. The summed E-state index contributed by atoms with van der Waals surface area (Å²) in [6.45, 7) is 2.13. The highest BCUT2D eigenvalue weighted by atomic mass is 19.1. The van der Waals surface area contributed by atoms with Crippen LogP contribution in [0, 0.1) is 5.82 Å². The lowest BCUT2D eigenvalue weighted by molar-refractivity contribution is -0.151. The molecule has 4 nitrogen and oxygen atoms in total. The molecule has 0 amide bonds. The molecule has 0 bridgehead atoms. The van der Waals surface area contributed by atoms with E-state index in [-0.39, 0.29) is 23.6 Å². The Hall–Kier alpha value is -1.62. The largest absolute Gasteiger partial charge is 0.487 e. The topological polar surface area (TPSA) is 47.6 Å². The van der Waals surface area contributed by atoms with E-state index in [1.807, 2.05) is 0 Å². The summed E-state index contributed by atoms with van der Waals surface area (Å²) in [5.41, 5.74) is -0.716. The maximum absolute atomic E-state index is 13.6. The van der Waals surface area contributed by atoms with Gasteiger partial charge in [0, 0.05) is 6.42 Å². The normalized spacial score (nSPS) is 25.4. The number of halogens is 1. The van der Waals surface area contributed by atoms with Gasteiger partial charge in [-0.1, -0.05) is 12.1 Å². The standard InChI is InChI=1S/C15H20FNO3/c1-3-19-14(18)15(17-2)9-8-11(10-15)20-13-7-5-4-6-12(13)16/h4-7,11,17H,3,8-10H2,1-2H3. The van der Waals surface area contributed by atoms with Gasteiger partial charge in [-0.3, -0.25) is 4.79 Å². The van der Waals surface area contributed by atoms with Crippen LogP contribution in [0.3, 0.4) is 0 Å². The minimum absolute atomic E-state index is 0.191. The first-order chi connectivity index (χ1) is 9.61. The predicted octanol–water partition coefficient (Wildman–Crippen LogP) is 2.28. The van der Waals surface area contributed by atoms with Crippen molar-refractivity contribution in [3.8, 4) is 5.75 Å². The number of nitrogens with one attached hydrogen (secondary N) is 1. The van der Waals surface area contributed by atoms with Crippen molar-refractivity contribution in [2.24, 2.45) is 0 Å². The lowest BCUT2D eigenvalue weighted by Crippen LogP contribution is -2.49. The molecule has 0 heterocycles. The summed E-state index contributed by atoms with van der Waals surface area (Å²) in [7, 11) is 1.74. The quantitative estimate of drug-likeness (QED) is 0.841. The van der Waals surface area contributed by atoms with Crippen LogP contribution in [0.4, 0.5) is 4.39 Å². The molecule has 1 saturated carbocycles. The maximum atomic E-state index is 13.6. The average molecular weight is 281 g/mol. The number of hydrogen-bond acceptors (Lipinski definition) is 4. The fourth-order valence-electron chi connectivity index (χ4n) is 2.60. The van der Waals surface area contributed by atoms with E-state index in [1.54, 1.807) is 32.2 Å². The average Bonchev–Trinajstić information content (AvgIpc) is 2.86. The second-order valence-corrected chi connectivity index (χ2v) is 4.97. The van der Waals surface area contributed by atoms with Crippen LogP contribution < -0.4 is 10.1 Å². The van der Waals surface area contributed by atoms with Gasteiger partial charge in [-0.25, -0.2) is 4.39 Å². The number of rotatable bonds is 5. The van der Waals surface area contributed by atoms with Crippen LogP contribution >= 0.6 is 0 Å². The van der Waals surface area contributed by atoms with Gasteiger partial charge >= 0.3 is 5.97 Å². The van der Waals surface area contributed by atoms with Crippen molar-refractivity contribution in [3.05, 3.63) is 30.1 Å². The van der Waals surface area contributed by atoms with Crippen LogP contribution in [0.25, 0.3) is 0 Å². The van der Waals surface area contributed by atoms with E-state index in [4.69, 9.17) is 9.47 Å². The van der Waals surface area contributed by atoms with Gasteiger partial charge in [-0.05, 0) is 38.9 Å². The van der Waals surface area contributed by atoms with Gasteiger partial charge < -0.3 is 14.8 Å². The molecule has 5 heteroatoms. The molecule has 1 aromatic carbocycles. The van der Waals surface area contributed by atoms with E-state index in [1.165, 1.54) is 6.07 Å². The van der Waals surface area contributed by atoms with Crippen LogP contribution in [0.2, 0.25) is 0 Å². The highest BCUT2D eigenvalue weighted by Gasteiger charge is 2.46. The van der Waals surface area contributed by atoms with Crippen molar-refractivity contribution in [2.45, 2.75) is 37.8 Å². The summed E-state index contributed by atoms with van der Waals surface area (Å²) in [6, 6.07) is 6.30. The molecule has 1 N–H and O–H groups in total. The monoisotopic (exact) mass is 281 g/mol. The second kappa shape index (κ2) is 6.22. The fourth-order valence-corrected chi connectivity index (χ4v) is 2.60. The van der Waals surface area contributed by atoms with Crippen molar-refractivity contribution >= 4 is 5.97 Å². The first kappa shape index (κ1) is 14.8. The van der Waals surface area contributed by atoms with Gasteiger partial charge in [0.15, 0.2) is 11.6 Å². The van der Waals surface area contributed by atoms with Gasteiger partial charge in [-0.2, -0.15) is 0 Å². The van der Waals surface area contributed by atoms with E-state index in [2.05, 4.69) is 5.32 Å². The highest BCUT2D eigenvalue weighted by Crippen LogP contribution is 2.34. The summed E-state index contributed by atoms with van der Waals surface area (Å²) in [6.07, 6.45) is 1.61. The van der Waals surface area contributed by atoms with Crippen molar-refractivity contribution in [3.63, 3.8) is 0 Å². The number of carbonyl (C=O) groups is 1. The molecule has 1 aliphatic rings. The first-order valence-electron chi connectivity index (χ1n) is 6.88. The van der Waals surface area contributed by atoms with E-state index >= 15 is 0 Å². The molecule has 0 radical (unpaired) electrons. The van der Waals surface area contributed by atoms with Crippen LogP contribution in [0.5, 0.6) is 5.75 Å². The summed E-state index contributed by atoms with van der Waals surface area (Å²) < 4.78 is 24.3. The molecular formula is C15H20FNO3. The summed E-state index contributed by atoms with van der Waals surface area (Å²) >= 11 is 0. The summed E-state index contributed by atoms with van der Waals surface area (Å²) in [5.74, 6) is -0.416. The third-order valence-electron chi connectivity index (χ3n) is 3.74. The van der Waals surface area contributed by atoms with E-state index in [0.29, 0.717) is 25.9 Å². The lowest BCUT2D eigenvalue weighted by Gasteiger charge is -2.26. The van der Waals surface area contributed by atoms with Gasteiger partial charge in [0.2, 0.25) is 0 Å². The molecule has 0 aliphatic heterocycles. The number of esters is 1. The highest BCUT2D eigenvalue weighted by molar-refractivity contribution is 5.81. The SMILES string of the molecule is CCOC(=O)C1(NC)CCC(Oc2ccccc2F)C1. The zero-order valence-electron chi connectivity index (χ0n) is 11.8. The number of likely N-dealkylation sites (N-methyl/N-ethyl adjacent to an activating group) is 1. The molecule has 2 unspecified atom stereocenters. The summed E-state index contributed by atoms with van der Waals surface area (Å²) in [4.78, 5) is 12.0. The van der Waals surface area contributed by atoms with Gasteiger partial charge in [0.05, 0.1) is 6.61 Å². The van der Waals surface area contributed by atoms with Gasteiger partial charge in [0.25, 0.3) is 0 Å². The Kier molecular flexibility index (Phi) is 4.60. The molecule has 1 aliphatic carbocycles. The zero-order valence-corrected chi connectivity index (χ0v) is 11.8. The molecule has 1 aromatic rings. The molecule has 1 fully saturated rings. The molecule has 0 spiro atoms. The Balaban J connectivity index is 2.04. The van der Waals surface area contributed by atoms with E-state index in [0.717, 1.165) is 0 Å². The third-order valence-corrected chi connectivity index (χ3v) is 3.74. The van der Waals surface area contributed by atoms with Crippen LogP contribution in [0.15, 0.2) is 24.3 Å². The molecule has 0 aromatic heterocycles. The number of benzene rings is 1. The van der Waals surface area contributed by atoms with E-state index < -0.39 is 5.54 Å². The smallest absolute Gasteiger partial charge is 0.326 e. The van der Waals surface area contributed by atoms with Gasteiger partial charge in [0.1, 0.15) is 11.6 Å². The number of para-hydroxylation sites is 1. The Morgan fingerprint density at radius 1 is 1.50 bits per heavy atom. The second-order valence-electron chi connectivity index (χ2n) is 4.97. The molecular weight excluding hydrogens is 261 g/mol. The van der Waals surface area contributed by atoms with Gasteiger partial charge in [-0.15, -0.1) is 0 Å². The maximum Gasteiger partial charge on any atom is 0.326 e. The number of carbonyl (C=O) groups excluding carboxylic acids is 1. The molecule has 2 atom stereocenters. The van der Waals surface area contributed by atoms with Crippen molar-refractivity contribution < 1.29 is 18.7 Å². The van der Waals surface area contributed by atoms with Crippen LogP contribution in [-0.2, 0) is 9.53 Å². The van der Waals surface area contributed by atoms with Crippen molar-refractivity contribution in [1.82, 2.24) is 5.32 Å². The molecule has 20 heavy (non-hydrogen) atoms. The molecule has 2 rings (SSSR count). The Bertz CT molecular complexity index is 480. The Labute approximate surface area is 118 Å². The van der Waals surface area contributed by atoms with Crippen LogP contribution in [0.1, 0.15) is 26.2 Å². The first-order valence-corrected chi connectivity index (χ1v) is 6.88. The summed E-state index contributed by atoms with van der Waals surface area (Å²) in [5, 5.41) is 3.04. The fraction of sp³-hybridized carbons (Fsp3) is 0.533. The third kappa shape index (κ3) is 2.93. The van der Waals surface area contributed by atoms with E-state index in [9.17, 15) is 9.18 Å². The minimum Gasteiger partial charge on any atom is -0.487 e. The number of hydrogen-bond donors (Lipinski definition) is 1. The predicted molar refractivity (Wildman–Crippen MR) is 73.1 cm³/mol. The number of ether oxygens (including phenoxy) is 2. The lowest BCUT2D eigenvalue weighted by atomic mass is 9.98. The van der Waals surface area contributed by atoms with Crippen LogP contribution in [-0.4, -0.2) is 31.3 Å². The zero-order chi connectivity index (χ0) is 14.6. The minimum atomic E-state index is -0.716. The van der Waals surface area contributed by atoms with Crippen molar-refractivity contribution in [1.29, 1.82) is 0 Å². The Morgan fingerprint density at radius 3 is 2.90 bits per heavy atom. The van der Waals surface area contributed by atoms with Crippen molar-refractivity contribution in [2.75, 3.05) is 13.7 Å². The Morgan fingerprint density at radius 2 is 2.25 bits per heavy atom.